The van der Waals surface area contributed by atoms with Crippen LogP contribution in [-0.4, -0.2) is 59.6 Å². The predicted octanol–water partition coefficient (Wildman–Crippen LogP) is 1.26. The summed E-state index contributed by atoms with van der Waals surface area (Å²) in [5.74, 6) is -0.627. The third kappa shape index (κ3) is 5.07. The molecule has 7 nitrogen and oxygen atoms in total. The van der Waals surface area contributed by atoms with Gasteiger partial charge < -0.3 is 4.90 Å². The first-order valence-corrected chi connectivity index (χ1v) is 11.9. The summed E-state index contributed by atoms with van der Waals surface area (Å²) in [5, 5.41) is 0. The van der Waals surface area contributed by atoms with E-state index in [0.29, 0.717) is 26.2 Å². The Hall–Kier alpha value is -2.01. The first-order valence-electron chi connectivity index (χ1n) is 8.81. The van der Waals surface area contributed by atoms with Gasteiger partial charge in [-0.2, -0.15) is 4.31 Å². The molecule has 0 bridgehead atoms. The molecule has 2 aromatic carbocycles. The minimum atomic E-state index is -3.73. The van der Waals surface area contributed by atoms with Crippen LogP contribution in [0.3, 0.4) is 0 Å². The van der Waals surface area contributed by atoms with Crippen LogP contribution < -0.4 is 9.62 Å². The van der Waals surface area contributed by atoms with Gasteiger partial charge in [-0.15, -0.1) is 0 Å². The van der Waals surface area contributed by atoms with Gasteiger partial charge in [0.2, 0.25) is 20.0 Å². The predicted molar refractivity (Wildman–Crippen MR) is 106 cm³/mol. The second-order valence-electron chi connectivity index (χ2n) is 6.39. The van der Waals surface area contributed by atoms with E-state index in [1.165, 1.54) is 28.6 Å². The second-order valence-corrected chi connectivity index (χ2v) is 10.2. The molecule has 0 radical (unpaired) electrons. The Bertz CT molecular complexity index is 989. The van der Waals surface area contributed by atoms with Crippen LogP contribution in [0.4, 0.5) is 10.1 Å². The minimum absolute atomic E-state index is 0.0975. The third-order valence-electron chi connectivity index (χ3n) is 4.53. The summed E-state index contributed by atoms with van der Waals surface area (Å²) in [7, 11) is -7.31. The highest BCUT2D eigenvalue weighted by molar-refractivity contribution is 7.90. The van der Waals surface area contributed by atoms with Crippen LogP contribution >= 0.6 is 0 Å². The van der Waals surface area contributed by atoms with Gasteiger partial charge in [0, 0.05) is 38.4 Å². The summed E-state index contributed by atoms with van der Waals surface area (Å²) < 4.78 is 66.1. The van der Waals surface area contributed by atoms with Crippen molar-refractivity contribution in [2.75, 3.05) is 43.4 Å². The number of rotatable bonds is 7. The zero-order valence-electron chi connectivity index (χ0n) is 15.2. The molecule has 1 saturated heterocycles. The normalized spacial score (nSPS) is 16.2. The van der Waals surface area contributed by atoms with E-state index in [4.69, 9.17) is 0 Å². The summed E-state index contributed by atoms with van der Waals surface area (Å²) in [5.41, 5.74) is 0.842. The number of piperazine rings is 1. The average molecular weight is 428 g/mol. The molecule has 1 heterocycles. The molecule has 10 heteroatoms. The Morgan fingerprint density at radius 2 is 1.46 bits per heavy atom. The van der Waals surface area contributed by atoms with E-state index in [-0.39, 0.29) is 23.0 Å². The molecule has 0 spiro atoms. The third-order valence-corrected chi connectivity index (χ3v) is 7.88. The lowest BCUT2D eigenvalue weighted by Crippen LogP contribution is -2.50. The Morgan fingerprint density at radius 1 is 0.857 bits per heavy atom. The molecule has 1 aliphatic rings. The zero-order chi connectivity index (χ0) is 20.2. The van der Waals surface area contributed by atoms with Crippen molar-refractivity contribution < 1.29 is 21.2 Å². The lowest BCUT2D eigenvalue weighted by Gasteiger charge is -2.35. The standard InChI is InChI=1S/C18H22FN3O4S2/c19-16-6-8-17(9-7-16)21-11-13-22(14-12-21)27(23,24)15-10-20-28(25,26)18-4-2-1-3-5-18/h1-9,20H,10-15H2. The van der Waals surface area contributed by atoms with E-state index in [1.807, 2.05) is 4.90 Å². The van der Waals surface area contributed by atoms with Gasteiger partial charge in [-0.25, -0.2) is 25.9 Å². The fourth-order valence-electron chi connectivity index (χ4n) is 2.99. The summed E-state index contributed by atoms with van der Waals surface area (Å²) >= 11 is 0. The maximum absolute atomic E-state index is 13.0. The van der Waals surface area contributed by atoms with E-state index in [0.717, 1.165) is 5.69 Å². The van der Waals surface area contributed by atoms with Gasteiger partial charge >= 0.3 is 0 Å². The van der Waals surface area contributed by atoms with Crippen LogP contribution in [0.1, 0.15) is 0 Å². The van der Waals surface area contributed by atoms with Crippen LogP contribution in [0.25, 0.3) is 0 Å². The minimum Gasteiger partial charge on any atom is -0.369 e. The van der Waals surface area contributed by atoms with Crippen molar-refractivity contribution in [1.82, 2.24) is 9.03 Å². The first-order chi connectivity index (χ1) is 13.3. The number of benzene rings is 2. The number of hydrogen-bond acceptors (Lipinski definition) is 5. The highest BCUT2D eigenvalue weighted by Gasteiger charge is 2.27. The van der Waals surface area contributed by atoms with E-state index in [1.54, 1.807) is 30.3 Å². The molecule has 152 valence electrons. The fourth-order valence-corrected chi connectivity index (χ4v) is 5.51. The molecule has 0 aliphatic carbocycles. The van der Waals surface area contributed by atoms with Gasteiger partial charge in [-0.3, -0.25) is 0 Å². The molecule has 3 rings (SSSR count). The molecule has 1 fully saturated rings. The van der Waals surface area contributed by atoms with Gasteiger partial charge in [0.1, 0.15) is 5.82 Å². The summed E-state index contributed by atoms with van der Waals surface area (Å²) in [6, 6.07) is 13.9. The number of anilines is 1. The highest BCUT2D eigenvalue weighted by Crippen LogP contribution is 2.18. The van der Waals surface area contributed by atoms with E-state index in [9.17, 15) is 21.2 Å². The van der Waals surface area contributed by atoms with Crippen LogP contribution in [0.15, 0.2) is 59.5 Å². The van der Waals surface area contributed by atoms with Crippen molar-refractivity contribution in [3.05, 3.63) is 60.4 Å². The van der Waals surface area contributed by atoms with Crippen molar-refractivity contribution in [2.24, 2.45) is 0 Å². The molecular formula is C18H22FN3O4S2. The molecule has 0 saturated carbocycles. The summed E-state index contributed by atoms with van der Waals surface area (Å²) in [6.07, 6.45) is 0. The quantitative estimate of drug-likeness (QED) is 0.719. The Labute approximate surface area is 164 Å². The molecule has 0 amide bonds. The second kappa shape index (κ2) is 8.56. The number of nitrogens with one attached hydrogen (secondary N) is 1. The van der Waals surface area contributed by atoms with Gasteiger partial charge in [0.15, 0.2) is 0 Å². The van der Waals surface area contributed by atoms with Crippen LogP contribution in [0.2, 0.25) is 0 Å². The molecule has 28 heavy (non-hydrogen) atoms. The van der Waals surface area contributed by atoms with Crippen molar-refractivity contribution >= 4 is 25.7 Å². The van der Waals surface area contributed by atoms with Gasteiger partial charge in [0.05, 0.1) is 10.6 Å². The summed E-state index contributed by atoms with van der Waals surface area (Å²) in [4.78, 5) is 2.09. The zero-order valence-corrected chi connectivity index (χ0v) is 16.8. The SMILES string of the molecule is O=S(=O)(NCCS(=O)(=O)N1CCN(c2ccc(F)cc2)CC1)c1ccccc1. The maximum Gasteiger partial charge on any atom is 0.240 e. The number of nitrogens with zero attached hydrogens (tertiary/aromatic N) is 2. The first kappa shape index (κ1) is 20.7. The van der Waals surface area contributed by atoms with Crippen molar-refractivity contribution in [3.8, 4) is 0 Å². The van der Waals surface area contributed by atoms with E-state index in [2.05, 4.69) is 4.72 Å². The Balaban J connectivity index is 1.52. The highest BCUT2D eigenvalue weighted by atomic mass is 32.2. The molecule has 0 aromatic heterocycles. The fraction of sp³-hybridized carbons (Fsp3) is 0.333. The van der Waals surface area contributed by atoms with E-state index >= 15 is 0 Å². The van der Waals surface area contributed by atoms with Crippen LogP contribution in [-0.2, 0) is 20.0 Å². The number of halogens is 1. The monoisotopic (exact) mass is 427 g/mol. The van der Waals surface area contributed by atoms with Gasteiger partial charge in [-0.05, 0) is 36.4 Å². The lowest BCUT2D eigenvalue weighted by molar-refractivity contribution is 0.385. The topological polar surface area (TPSA) is 86.8 Å². The van der Waals surface area contributed by atoms with Crippen molar-refractivity contribution in [1.29, 1.82) is 0 Å². The Morgan fingerprint density at radius 3 is 2.07 bits per heavy atom. The van der Waals surface area contributed by atoms with Crippen LogP contribution in [0.5, 0.6) is 0 Å². The molecule has 0 atom stereocenters. The van der Waals surface area contributed by atoms with Gasteiger partial charge in [-0.1, -0.05) is 18.2 Å². The summed E-state index contributed by atoms with van der Waals surface area (Å²) in [6.45, 7) is 1.37. The van der Waals surface area contributed by atoms with Crippen molar-refractivity contribution in [3.63, 3.8) is 0 Å². The molecule has 1 aliphatic heterocycles. The maximum atomic E-state index is 13.0. The number of sulfonamides is 2. The van der Waals surface area contributed by atoms with Gasteiger partial charge in [0.25, 0.3) is 0 Å². The van der Waals surface area contributed by atoms with Crippen LogP contribution in [0, 0.1) is 5.82 Å². The average Bonchev–Trinajstić information content (AvgIpc) is 2.69. The molecule has 2 aromatic rings. The van der Waals surface area contributed by atoms with Crippen molar-refractivity contribution in [2.45, 2.75) is 4.90 Å². The smallest absolute Gasteiger partial charge is 0.240 e. The largest absolute Gasteiger partial charge is 0.369 e. The molecule has 0 unspecified atom stereocenters. The number of hydrogen-bond donors (Lipinski definition) is 1. The van der Waals surface area contributed by atoms with E-state index < -0.39 is 20.0 Å². The lowest BCUT2D eigenvalue weighted by atomic mass is 10.2. The molecular weight excluding hydrogens is 405 g/mol. The molecule has 1 N–H and O–H groups in total. The Kier molecular flexibility index (Phi) is 6.33.